The van der Waals surface area contributed by atoms with Crippen molar-refractivity contribution >= 4 is 38.3 Å². The van der Waals surface area contributed by atoms with Crippen LogP contribution in [0.3, 0.4) is 0 Å². The fourth-order valence-electron chi connectivity index (χ4n) is 2.78. The molecule has 0 unspecified atom stereocenters. The smallest absolute Gasteiger partial charge is 0.258 e. The summed E-state index contributed by atoms with van der Waals surface area (Å²) in [7, 11) is 4.44. The van der Waals surface area contributed by atoms with E-state index in [0.717, 1.165) is 10.4 Å². The molecule has 0 saturated carbocycles. The second kappa shape index (κ2) is 8.79. The van der Waals surface area contributed by atoms with E-state index in [1.807, 2.05) is 6.92 Å². The topological polar surface area (TPSA) is 69.7 Å². The van der Waals surface area contributed by atoms with Crippen LogP contribution in [0, 0.1) is 12.7 Å². The van der Waals surface area contributed by atoms with Crippen LogP contribution >= 0.6 is 27.3 Å². The first-order chi connectivity index (χ1) is 13.9. The number of carbonyl (C=O) groups excluding carboxylic acids is 1. The van der Waals surface area contributed by atoms with Gasteiger partial charge in [-0.25, -0.2) is 9.37 Å². The number of carbonyl (C=O) groups is 1. The van der Waals surface area contributed by atoms with Crippen LogP contribution in [-0.4, -0.2) is 32.2 Å². The lowest BCUT2D eigenvalue weighted by Gasteiger charge is -2.16. The zero-order chi connectivity index (χ0) is 21.1. The number of thiazole rings is 1. The van der Waals surface area contributed by atoms with Gasteiger partial charge in [0.15, 0.2) is 16.6 Å². The van der Waals surface area contributed by atoms with Crippen molar-refractivity contribution in [1.82, 2.24) is 4.98 Å². The third-order valence-corrected chi connectivity index (χ3v) is 5.82. The Hall–Kier alpha value is -2.65. The summed E-state index contributed by atoms with van der Waals surface area (Å²) in [5.74, 6) is 0.374. The highest BCUT2D eigenvalue weighted by atomic mass is 79.9. The predicted molar refractivity (Wildman–Crippen MR) is 114 cm³/mol. The first-order valence-corrected chi connectivity index (χ1v) is 10.0. The molecule has 0 saturated heterocycles. The minimum Gasteiger partial charge on any atom is -0.493 e. The van der Waals surface area contributed by atoms with Crippen molar-refractivity contribution in [2.75, 3.05) is 26.6 Å². The Morgan fingerprint density at radius 3 is 2.34 bits per heavy atom. The molecule has 1 amide bonds. The molecule has 0 aliphatic rings. The molecule has 1 N–H and O–H groups in total. The molecule has 9 heteroatoms. The number of ether oxygens (including phenoxy) is 3. The van der Waals surface area contributed by atoms with E-state index < -0.39 is 5.91 Å². The van der Waals surface area contributed by atoms with Crippen molar-refractivity contribution in [3.63, 3.8) is 0 Å². The zero-order valence-electron chi connectivity index (χ0n) is 16.1. The minimum atomic E-state index is -0.393. The van der Waals surface area contributed by atoms with E-state index in [4.69, 9.17) is 14.2 Å². The summed E-state index contributed by atoms with van der Waals surface area (Å²) in [5, 5.41) is 3.22. The summed E-state index contributed by atoms with van der Waals surface area (Å²) >= 11 is 4.73. The van der Waals surface area contributed by atoms with Crippen molar-refractivity contribution in [2.24, 2.45) is 0 Å². The fourth-order valence-corrected chi connectivity index (χ4v) is 4.24. The highest BCUT2D eigenvalue weighted by Gasteiger charge is 2.23. The van der Waals surface area contributed by atoms with Crippen LogP contribution in [0.2, 0.25) is 0 Å². The zero-order valence-corrected chi connectivity index (χ0v) is 18.5. The highest BCUT2D eigenvalue weighted by Crippen LogP contribution is 2.45. The van der Waals surface area contributed by atoms with Gasteiger partial charge >= 0.3 is 0 Å². The van der Waals surface area contributed by atoms with Gasteiger partial charge in [0.2, 0.25) is 5.75 Å². The van der Waals surface area contributed by atoms with E-state index in [1.165, 1.54) is 44.8 Å². The second-order valence-corrected chi connectivity index (χ2v) is 7.89. The van der Waals surface area contributed by atoms with Gasteiger partial charge in [-0.2, -0.15) is 0 Å². The number of amides is 1. The summed E-state index contributed by atoms with van der Waals surface area (Å²) in [5.41, 5.74) is 1.76. The van der Waals surface area contributed by atoms with Crippen LogP contribution in [0.4, 0.5) is 9.52 Å². The molecule has 0 radical (unpaired) electrons. The lowest BCUT2D eigenvalue weighted by atomic mass is 10.1. The number of hydrogen-bond donors (Lipinski definition) is 1. The van der Waals surface area contributed by atoms with Crippen LogP contribution in [0.25, 0.3) is 11.3 Å². The summed E-state index contributed by atoms with van der Waals surface area (Å²) in [6.45, 7) is 1.89. The van der Waals surface area contributed by atoms with Gasteiger partial charge < -0.3 is 14.2 Å². The van der Waals surface area contributed by atoms with Crippen LogP contribution in [0.15, 0.2) is 34.8 Å². The van der Waals surface area contributed by atoms with Gasteiger partial charge in [0, 0.05) is 10.4 Å². The lowest BCUT2D eigenvalue weighted by Crippen LogP contribution is -2.13. The van der Waals surface area contributed by atoms with Crippen LogP contribution in [0.5, 0.6) is 17.2 Å². The number of aryl methyl sites for hydroxylation is 1. The summed E-state index contributed by atoms with van der Waals surface area (Å²) in [6.07, 6.45) is 0. The van der Waals surface area contributed by atoms with Gasteiger partial charge in [0.1, 0.15) is 5.82 Å². The number of nitrogens with zero attached hydrogens (tertiary/aromatic N) is 1. The van der Waals surface area contributed by atoms with Crippen molar-refractivity contribution < 1.29 is 23.4 Å². The number of halogens is 2. The van der Waals surface area contributed by atoms with Crippen molar-refractivity contribution in [3.05, 3.63) is 51.1 Å². The normalized spacial score (nSPS) is 10.6. The Balaban J connectivity index is 1.93. The molecule has 1 heterocycles. The quantitative estimate of drug-likeness (QED) is 0.518. The maximum atomic E-state index is 13.2. The minimum absolute atomic E-state index is 0.302. The molecule has 6 nitrogen and oxygen atoms in total. The monoisotopic (exact) mass is 480 g/mol. The average molecular weight is 481 g/mol. The Morgan fingerprint density at radius 2 is 1.76 bits per heavy atom. The number of methoxy groups -OCH3 is 3. The van der Waals surface area contributed by atoms with Crippen molar-refractivity contribution in [3.8, 4) is 28.5 Å². The number of aromatic nitrogens is 1. The molecule has 3 rings (SSSR count). The molecule has 2 aromatic carbocycles. The number of rotatable bonds is 6. The molecule has 152 valence electrons. The summed E-state index contributed by atoms with van der Waals surface area (Å²) < 4.78 is 29.6. The Morgan fingerprint density at radius 1 is 1.10 bits per heavy atom. The highest BCUT2D eigenvalue weighted by molar-refractivity contribution is 9.10. The molecule has 1 aromatic heterocycles. The van der Waals surface area contributed by atoms with Gasteiger partial charge in [-0.15, -0.1) is 11.3 Å². The molecule has 0 aliphatic carbocycles. The second-order valence-electron chi connectivity index (χ2n) is 5.89. The van der Waals surface area contributed by atoms with Gasteiger partial charge in [0.25, 0.3) is 5.91 Å². The summed E-state index contributed by atoms with van der Waals surface area (Å²) in [4.78, 5) is 18.3. The van der Waals surface area contributed by atoms with Gasteiger partial charge in [-0.1, -0.05) is 0 Å². The van der Waals surface area contributed by atoms with E-state index >= 15 is 0 Å². The standard InChI is InChI=1S/C20H18BrFN2O4S/c1-10-16(11-5-7-12(22)8-6-11)23-20(29-10)24-19(25)13-9-14(26-2)17(27-3)18(28-4)15(13)21/h5-9H,1-4H3,(H,23,24,25). The fraction of sp³-hybridized carbons (Fsp3) is 0.200. The third-order valence-electron chi connectivity index (χ3n) is 4.15. The Kier molecular flexibility index (Phi) is 6.39. The first kappa shape index (κ1) is 21.1. The molecular weight excluding hydrogens is 463 g/mol. The Labute approximate surface area is 179 Å². The molecule has 0 aliphatic heterocycles. The number of anilines is 1. The van der Waals surface area contributed by atoms with E-state index in [-0.39, 0.29) is 5.82 Å². The van der Waals surface area contributed by atoms with Gasteiger partial charge in [0.05, 0.1) is 37.1 Å². The van der Waals surface area contributed by atoms with E-state index in [0.29, 0.717) is 38.1 Å². The molecule has 0 spiro atoms. The molecule has 29 heavy (non-hydrogen) atoms. The number of nitrogens with one attached hydrogen (secondary N) is 1. The van der Waals surface area contributed by atoms with Crippen molar-refractivity contribution in [1.29, 1.82) is 0 Å². The van der Waals surface area contributed by atoms with Crippen molar-refractivity contribution in [2.45, 2.75) is 6.92 Å². The SMILES string of the molecule is COc1cc(C(=O)Nc2nc(-c3ccc(F)cc3)c(C)s2)c(Br)c(OC)c1OC. The van der Waals surface area contributed by atoms with Crippen LogP contribution < -0.4 is 19.5 Å². The summed E-state index contributed by atoms with van der Waals surface area (Å²) in [6, 6.07) is 7.61. The molecule has 3 aromatic rings. The van der Waals surface area contributed by atoms with Crippen LogP contribution in [-0.2, 0) is 0 Å². The Bertz CT molecular complexity index is 1050. The maximum Gasteiger partial charge on any atom is 0.258 e. The van der Waals surface area contributed by atoms with Crippen LogP contribution in [0.1, 0.15) is 15.2 Å². The maximum absolute atomic E-state index is 13.2. The molecule has 0 bridgehead atoms. The van der Waals surface area contributed by atoms with Gasteiger partial charge in [-0.3, -0.25) is 10.1 Å². The lowest BCUT2D eigenvalue weighted by molar-refractivity contribution is 0.102. The molecular formula is C20H18BrFN2O4S. The molecule has 0 fully saturated rings. The number of benzene rings is 2. The third kappa shape index (κ3) is 4.20. The van der Waals surface area contributed by atoms with E-state index in [2.05, 4.69) is 26.2 Å². The van der Waals surface area contributed by atoms with E-state index in [1.54, 1.807) is 18.2 Å². The van der Waals surface area contributed by atoms with E-state index in [9.17, 15) is 9.18 Å². The largest absolute Gasteiger partial charge is 0.493 e. The number of hydrogen-bond acceptors (Lipinski definition) is 6. The molecule has 0 atom stereocenters. The first-order valence-electron chi connectivity index (χ1n) is 8.42. The predicted octanol–water partition coefficient (Wildman–Crippen LogP) is 5.30. The average Bonchev–Trinajstić information content (AvgIpc) is 3.07. The van der Waals surface area contributed by atoms with Gasteiger partial charge in [-0.05, 0) is 53.2 Å².